The second kappa shape index (κ2) is 4.07. The minimum atomic E-state index is -3.34. The van der Waals surface area contributed by atoms with Crippen LogP contribution in [0.4, 0.5) is 0 Å². The average molecular weight is 241 g/mol. The summed E-state index contributed by atoms with van der Waals surface area (Å²) in [5.41, 5.74) is 0.995. The van der Waals surface area contributed by atoms with E-state index in [0.717, 1.165) is 31.3 Å². The molecular formula is C11H15NO3S. The number of rotatable bonds is 2. The van der Waals surface area contributed by atoms with Crippen LogP contribution < -0.4 is 5.32 Å². The van der Waals surface area contributed by atoms with Crippen molar-refractivity contribution in [1.29, 1.82) is 0 Å². The van der Waals surface area contributed by atoms with Crippen molar-refractivity contribution in [2.24, 2.45) is 0 Å². The van der Waals surface area contributed by atoms with E-state index < -0.39 is 9.84 Å². The van der Waals surface area contributed by atoms with Crippen LogP contribution in [0.1, 0.15) is 17.9 Å². The highest BCUT2D eigenvalue weighted by atomic mass is 32.2. The molecule has 1 fully saturated rings. The summed E-state index contributed by atoms with van der Waals surface area (Å²) in [4.78, 5) is 0.00204. The smallest absolute Gasteiger partial charge is 0.179 e. The fourth-order valence-electron chi connectivity index (χ4n) is 2.04. The zero-order chi connectivity index (χ0) is 11.8. The number of hydrogen-bond acceptors (Lipinski definition) is 4. The molecule has 2 rings (SSSR count). The third kappa shape index (κ3) is 2.20. The van der Waals surface area contributed by atoms with Crippen LogP contribution in [0.25, 0.3) is 0 Å². The van der Waals surface area contributed by atoms with Crippen molar-refractivity contribution in [3.63, 3.8) is 0 Å². The normalized spacial score (nSPS) is 21.2. The van der Waals surface area contributed by atoms with Crippen LogP contribution in [0.5, 0.6) is 5.75 Å². The van der Waals surface area contributed by atoms with Gasteiger partial charge in [-0.15, -0.1) is 0 Å². The van der Waals surface area contributed by atoms with Gasteiger partial charge in [-0.05, 0) is 36.6 Å². The second-order valence-electron chi connectivity index (χ2n) is 4.19. The van der Waals surface area contributed by atoms with E-state index in [9.17, 15) is 13.5 Å². The number of benzene rings is 1. The predicted octanol–water partition coefficient (Wildman–Crippen LogP) is 0.873. The third-order valence-corrected chi connectivity index (χ3v) is 4.06. The minimum absolute atomic E-state index is 0.00204. The van der Waals surface area contributed by atoms with Crippen LogP contribution in [0.3, 0.4) is 0 Å². The van der Waals surface area contributed by atoms with Gasteiger partial charge in [-0.3, -0.25) is 0 Å². The van der Waals surface area contributed by atoms with E-state index in [4.69, 9.17) is 0 Å². The standard InChI is InChI=1S/C11H15NO3S/c1-16(14,15)11-3-2-8(6-10(11)13)9-4-5-12-7-9/h2-3,6,9,12-13H,4-5,7H2,1H3. The van der Waals surface area contributed by atoms with Crippen LogP contribution >= 0.6 is 0 Å². The fourth-order valence-corrected chi connectivity index (χ4v) is 2.80. The van der Waals surface area contributed by atoms with Crippen LogP contribution in [-0.2, 0) is 9.84 Å². The Morgan fingerprint density at radius 2 is 2.19 bits per heavy atom. The highest BCUT2D eigenvalue weighted by molar-refractivity contribution is 7.90. The molecule has 1 saturated heterocycles. The highest BCUT2D eigenvalue weighted by Crippen LogP contribution is 2.29. The highest BCUT2D eigenvalue weighted by Gasteiger charge is 2.19. The Labute approximate surface area is 95.2 Å². The fraction of sp³-hybridized carbons (Fsp3) is 0.455. The largest absolute Gasteiger partial charge is 0.507 e. The summed E-state index contributed by atoms with van der Waals surface area (Å²) >= 11 is 0. The van der Waals surface area contributed by atoms with Gasteiger partial charge in [0, 0.05) is 12.8 Å². The summed E-state index contributed by atoms with van der Waals surface area (Å²) in [6, 6.07) is 4.83. The maximum absolute atomic E-state index is 11.3. The van der Waals surface area contributed by atoms with E-state index in [1.54, 1.807) is 12.1 Å². The molecule has 1 aromatic carbocycles. The summed E-state index contributed by atoms with van der Waals surface area (Å²) in [6.07, 6.45) is 2.12. The molecule has 0 aliphatic carbocycles. The van der Waals surface area contributed by atoms with Gasteiger partial charge in [0.15, 0.2) is 9.84 Å². The van der Waals surface area contributed by atoms with Crippen LogP contribution in [-0.4, -0.2) is 32.9 Å². The molecule has 0 radical (unpaired) electrons. The second-order valence-corrected chi connectivity index (χ2v) is 6.17. The molecular weight excluding hydrogens is 226 g/mol. The van der Waals surface area contributed by atoms with E-state index in [0.29, 0.717) is 5.92 Å². The van der Waals surface area contributed by atoms with E-state index in [-0.39, 0.29) is 10.6 Å². The molecule has 0 saturated carbocycles. The van der Waals surface area contributed by atoms with Gasteiger partial charge in [0.2, 0.25) is 0 Å². The number of phenolic OH excluding ortho intramolecular Hbond substituents is 1. The van der Waals surface area contributed by atoms with Crippen molar-refractivity contribution < 1.29 is 13.5 Å². The van der Waals surface area contributed by atoms with Crippen LogP contribution in [0.15, 0.2) is 23.1 Å². The maximum Gasteiger partial charge on any atom is 0.179 e. The van der Waals surface area contributed by atoms with Gasteiger partial charge in [-0.25, -0.2) is 8.42 Å². The molecule has 1 unspecified atom stereocenters. The lowest BCUT2D eigenvalue weighted by atomic mass is 9.98. The van der Waals surface area contributed by atoms with Crippen molar-refractivity contribution in [1.82, 2.24) is 5.32 Å². The van der Waals surface area contributed by atoms with E-state index in [2.05, 4.69) is 5.32 Å². The lowest BCUT2D eigenvalue weighted by molar-refractivity contribution is 0.457. The van der Waals surface area contributed by atoms with Crippen LogP contribution in [0.2, 0.25) is 0 Å². The first-order chi connectivity index (χ1) is 7.48. The number of phenols is 1. The maximum atomic E-state index is 11.3. The number of hydrogen-bond donors (Lipinski definition) is 2. The molecule has 1 atom stereocenters. The van der Waals surface area contributed by atoms with Crippen molar-refractivity contribution in [3.8, 4) is 5.75 Å². The van der Waals surface area contributed by atoms with Gasteiger partial charge in [0.05, 0.1) is 0 Å². The molecule has 0 aromatic heterocycles. The SMILES string of the molecule is CS(=O)(=O)c1ccc(C2CCNC2)cc1O. The molecule has 0 bridgehead atoms. The molecule has 1 aliphatic rings. The molecule has 5 heteroatoms. The van der Waals surface area contributed by atoms with Gasteiger partial charge in [-0.2, -0.15) is 0 Å². The van der Waals surface area contributed by atoms with E-state index in [1.807, 2.05) is 0 Å². The Morgan fingerprint density at radius 1 is 1.44 bits per heavy atom. The molecule has 1 aromatic rings. The Bertz CT molecular complexity index is 490. The molecule has 1 heterocycles. The monoisotopic (exact) mass is 241 g/mol. The Hall–Kier alpha value is -1.07. The first-order valence-electron chi connectivity index (χ1n) is 5.22. The summed E-state index contributed by atoms with van der Waals surface area (Å²) < 4.78 is 22.6. The quantitative estimate of drug-likeness (QED) is 0.806. The number of nitrogens with one attached hydrogen (secondary N) is 1. The zero-order valence-electron chi connectivity index (χ0n) is 9.10. The summed E-state index contributed by atoms with van der Waals surface area (Å²) in [5.74, 6) is 0.228. The van der Waals surface area contributed by atoms with Crippen molar-refractivity contribution >= 4 is 9.84 Å². The Kier molecular flexibility index (Phi) is 2.90. The van der Waals surface area contributed by atoms with E-state index >= 15 is 0 Å². The van der Waals surface area contributed by atoms with Crippen LogP contribution in [0, 0.1) is 0 Å². The molecule has 4 nitrogen and oxygen atoms in total. The minimum Gasteiger partial charge on any atom is -0.507 e. The van der Waals surface area contributed by atoms with Gasteiger partial charge >= 0.3 is 0 Å². The molecule has 16 heavy (non-hydrogen) atoms. The van der Waals surface area contributed by atoms with Crippen molar-refractivity contribution in [2.75, 3.05) is 19.3 Å². The van der Waals surface area contributed by atoms with Gasteiger partial charge in [0.25, 0.3) is 0 Å². The molecule has 0 amide bonds. The third-order valence-electron chi connectivity index (χ3n) is 2.91. The van der Waals surface area contributed by atoms with Gasteiger partial charge < -0.3 is 10.4 Å². The average Bonchev–Trinajstić information content (AvgIpc) is 2.68. The van der Waals surface area contributed by atoms with Crippen molar-refractivity contribution in [2.45, 2.75) is 17.2 Å². The first kappa shape index (κ1) is 11.4. The first-order valence-corrected chi connectivity index (χ1v) is 7.11. The molecule has 88 valence electrons. The van der Waals surface area contributed by atoms with Gasteiger partial charge in [-0.1, -0.05) is 6.07 Å². The predicted molar refractivity (Wildman–Crippen MR) is 61.4 cm³/mol. The Balaban J connectivity index is 2.36. The van der Waals surface area contributed by atoms with Crippen molar-refractivity contribution in [3.05, 3.63) is 23.8 Å². The number of aromatic hydroxyl groups is 1. The molecule has 2 N–H and O–H groups in total. The molecule has 0 spiro atoms. The number of sulfone groups is 1. The summed E-state index contributed by atoms with van der Waals surface area (Å²) in [7, 11) is -3.34. The topological polar surface area (TPSA) is 66.4 Å². The summed E-state index contributed by atoms with van der Waals surface area (Å²) in [5, 5.41) is 12.9. The summed E-state index contributed by atoms with van der Waals surface area (Å²) in [6.45, 7) is 1.86. The lowest BCUT2D eigenvalue weighted by Gasteiger charge is -2.10. The zero-order valence-corrected chi connectivity index (χ0v) is 9.92. The van der Waals surface area contributed by atoms with Gasteiger partial charge in [0.1, 0.15) is 10.6 Å². The molecule has 1 aliphatic heterocycles. The Morgan fingerprint density at radius 3 is 2.69 bits per heavy atom. The lowest BCUT2D eigenvalue weighted by Crippen LogP contribution is -2.08. The van der Waals surface area contributed by atoms with E-state index in [1.165, 1.54) is 6.07 Å².